The molecule has 0 saturated heterocycles. The first-order chi connectivity index (χ1) is 19.3. The zero-order valence-corrected chi connectivity index (χ0v) is 23.9. The summed E-state index contributed by atoms with van der Waals surface area (Å²) in [6.07, 6.45) is 1.47. The summed E-state index contributed by atoms with van der Waals surface area (Å²) in [6.45, 7) is 0. The molecule has 0 aliphatic carbocycles. The maximum Gasteiger partial charge on any atom is 0.272 e. The predicted molar refractivity (Wildman–Crippen MR) is 164 cm³/mol. The third-order valence-corrected chi connectivity index (χ3v) is 7.52. The van der Waals surface area contributed by atoms with Crippen LogP contribution in [0.5, 0.6) is 0 Å². The number of anilines is 2. The van der Waals surface area contributed by atoms with Gasteiger partial charge in [0.15, 0.2) is 0 Å². The van der Waals surface area contributed by atoms with Crippen molar-refractivity contribution in [3.63, 3.8) is 0 Å². The molecule has 3 amide bonds. The van der Waals surface area contributed by atoms with Gasteiger partial charge in [-0.15, -0.1) is 11.8 Å². The van der Waals surface area contributed by atoms with Gasteiger partial charge in [0.2, 0.25) is 5.91 Å². The highest BCUT2D eigenvalue weighted by atomic mass is 35.5. The Morgan fingerprint density at radius 1 is 0.725 bits per heavy atom. The van der Waals surface area contributed by atoms with Gasteiger partial charge in [0.25, 0.3) is 11.8 Å². The fourth-order valence-corrected chi connectivity index (χ4v) is 4.63. The molecule has 0 saturated carbocycles. The summed E-state index contributed by atoms with van der Waals surface area (Å²) in [5.74, 6) is -0.965. The molecule has 4 aromatic rings. The van der Waals surface area contributed by atoms with Crippen LogP contribution in [0.2, 0.25) is 15.1 Å². The van der Waals surface area contributed by atoms with E-state index in [0.29, 0.717) is 32.5 Å². The van der Waals surface area contributed by atoms with Gasteiger partial charge in [0, 0.05) is 26.9 Å². The monoisotopic (exact) mass is 609 g/mol. The average molecular weight is 611 g/mol. The van der Waals surface area contributed by atoms with Crippen molar-refractivity contribution in [2.24, 2.45) is 0 Å². The molecule has 0 atom stereocenters. The Hall–Kier alpha value is -3.75. The number of hydrogen-bond donors (Lipinski definition) is 3. The Bertz CT molecular complexity index is 1540. The van der Waals surface area contributed by atoms with E-state index in [4.69, 9.17) is 34.8 Å². The Morgan fingerprint density at radius 2 is 1.38 bits per heavy atom. The van der Waals surface area contributed by atoms with E-state index in [1.807, 2.05) is 0 Å². The molecule has 0 aliphatic rings. The fraction of sp³-hybridized carbons (Fsp3) is 0.0333. The van der Waals surface area contributed by atoms with Crippen LogP contribution in [-0.2, 0) is 9.59 Å². The average Bonchev–Trinajstić information content (AvgIpc) is 2.96. The number of halogens is 3. The Kier molecular flexibility index (Phi) is 10.3. The summed E-state index contributed by atoms with van der Waals surface area (Å²) in [7, 11) is 0. The SMILES string of the molecule is O=C(CSc1ccc(NC(=O)/C(=C/c2cccc(Cl)c2Cl)NC(=O)c2ccccc2)cc1)Nc1ccc(Cl)cc1. The summed E-state index contributed by atoms with van der Waals surface area (Å²) in [5, 5.41) is 9.43. The number of rotatable bonds is 9. The van der Waals surface area contributed by atoms with Gasteiger partial charge >= 0.3 is 0 Å². The highest BCUT2D eigenvalue weighted by Gasteiger charge is 2.16. The molecule has 0 fully saturated rings. The van der Waals surface area contributed by atoms with Gasteiger partial charge in [-0.2, -0.15) is 0 Å². The lowest BCUT2D eigenvalue weighted by atomic mass is 10.1. The molecule has 10 heteroatoms. The Morgan fingerprint density at radius 3 is 2.08 bits per heavy atom. The van der Waals surface area contributed by atoms with Crippen LogP contribution in [0.3, 0.4) is 0 Å². The molecule has 6 nitrogen and oxygen atoms in total. The predicted octanol–water partition coefficient (Wildman–Crippen LogP) is 7.79. The molecule has 0 aliphatic heterocycles. The minimum absolute atomic E-state index is 0.0182. The van der Waals surface area contributed by atoms with Crippen LogP contribution in [-0.4, -0.2) is 23.5 Å². The van der Waals surface area contributed by atoms with E-state index in [2.05, 4.69) is 16.0 Å². The molecule has 4 rings (SSSR count). The molecule has 0 bridgehead atoms. The van der Waals surface area contributed by atoms with E-state index in [1.54, 1.807) is 97.1 Å². The Balaban J connectivity index is 1.43. The van der Waals surface area contributed by atoms with Crippen LogP contribution >= 0.6 is 46.6 Å². The van der Waals surface area contributed by atoms with Gasteiger partial charge in [0.1, 0.15) is 5.70 Å². The first-order valence-electron chi connectivity index (χ1n) is 11.9. The van der Waals surface area contributed by atoms with Crippen LogP contribution in [0.15, 0.2) is 108 Å². The smallest absolute Gasteiger partial charge is 0.272 e. The van der Waals surface area contributed by atoms with E-state index >= 15 is 0 Å². The number of thioether (sulfide) groups is 1. The van der Waals surface area contributed by atoms with Crippen LogP contribution in [0, 0.1) is 0 Å². The van der Waals surface area contributed by atoms with Gasteiger partial charge in [-0.25, -0.2) is 0 Å². The second kappa shape index (κ2) is 14.1. The van der Waals surface area contributed by atoms with Crippen molar-refractivity contribution in [2.45, 2.75) is 4.90 Å². The molecule has 0 spiro atoms. The lowest BCUT2D eigenvalue weighted by Crippen LogP contribution is -2.30. The molecular formula is C30H22Cl3N3O3S. The number of carbonyl (C=O) groups is 3. The highest BCUT2D eigenvalue weighted by Crippen LogP contribution is 2.27. The third-order valence-electron chi connectivity index (χ3n) is 5.42. The van der Waals surface area contributed by atoms with E-state index in [-0.39, 0.29) is 22.4 Å². The lowest BCUT2D eigenvalue weighted by molar-refractivity contribution is -0.114. The van der Waals surface area contributed by atoms with Crippen molar-refractivity contribution >= 4 is 81.7 Å². The molecular weight excluding hydrogens is 589 g/mol. The second-order valence-corrected chi connectivity index (χ2v) is 10.6. The molecule has 202 valence electrons. The largest absolute Gasteiger partial charge is 0.325 e. The molecule has 0 unspecified atom stereocenters. The summed E-state index contributed by atoms with van der Waals surface area (Å²) in [6, 6.07) is 27.4. The summed E-state index contributed by atoms with van der Waals surface area (Å²) in [5.41, 5.74) is 2.00. The summed E-state index contributed by atoms with van der Waals surface area (Å²) in [4.78, 5) is 39.2. The minimum Gasteiger partial charge on any atom is -0.325 e. The highest BCUT2D eigenvalue weighted by molar-refractivity contribution is 8.00. The molecule has 0 heterocycles. The van der Waals surface area contributed by atoms with Crippen LogP contribution in [0.1, 0.15) is 15.9 Å². The first kappa shape index (κ1) is 29.2. The standard InChI is InChI=1S/C30H22Cl3N3O3S/c31-21-9-11-22(12-10-21)34-27(37)18-40-24-15-13-23(14-16-24)35-30(39)26(17-20-7-4-8-25(32)28(20)33)36-29(38)19-5-2-1-3-6-19/h1-17H,18H2,(H,34,37)(H,35,39)(H,36,38)/b26-17-. The zero-order valence-electron chi connectivity index (χ0n) is 20.8. The van der Waals surface area contributed by atoms with E-state index in [9.17, 15) is 14.4 Å². The maximum atomic E-state index is 13.2. The number of benzene rings is 4. The summed E-state index contributed by atoms with van der Waals surface area (Å²) >= 11 is 19.7. The molecule has 40 heavy (non-hydrogen) atoms. The van der Waals surface area contributed by atoms with Crippen molar-refractivity contribution in [1.29, 1.82) is 0 Å². The first-order valence-corrected chi connectivity index (χ1v) is 14.0. The minimum atomic E-state index is -0.553. The van der Waals surface area contributed by atoms with Crippen molar-refractivity contribution in [1.82, 2.24) is 5.32 Å². The van der Waals surface area contributed by atoms with Crippen molar-refractivity contribution in [2.75, 3.05) is 16.4 Å². The van der Waals surface area contributed by atoms with E-state index in [1.165, 1.54) is 17.8 Å². The van der Waals surface area contributed by atoms with Crippen molar-refractivity contribution in [3.05, 3.63) is 129 Å². The van der Waals surface area contributed by atoms with E-state index in [0.717, 1.165) is 4.90 Å². The quantitative estimate of drug-likeness (QED) is 0.133. The molecule has 4 aromatic carbocycles. The van der Waals surface area contributed by atoms with Gasteiger partial charge in [-0.1, -0.05) is 65.1 Å². The number of nitrogens with one attached hydrogen (secondary N) is 3. The van der Waals surface area contributed by atoms with Crippen LogP contribution in [0.25, 0.3) is 6.08 Å². The topological polar surface area (TPSA) is 87.3 Å². The van der Waals surface area contributed by atoms with Crippen molar-refractivity contribution in [3.8, 4) is 0 Å². The Labute approximate surface area is 250 Å². The molecule has 0 aromatic heterocycles. The van der Waals surface area contributed by atoms with E-state index < -0.39 is 11.8 Å². The maximum absolute atomic E-state index is 13.2. The fourth-order valence-electron chi connectivity index (χ4n) is 3.44. The lowest BCUT2D eigenvalue weighted by Gasteiger charge is -2.12. The number of hydrogen-bond acceptors (Lipinski definition) is 4. The normalized spacial score (nSPS) is 11.0. The third kappa shape index (κ3) is 8.37. The van der Waals surface area contributed by atoms with Gasteiger partial charge in [0.05, 0.1) is 15.8 Å². The van der Waals surface area contributed by atoms with Gasteiger partial charge in [-0.05, 0) is 78.4 Å². The number of carbonyl (C=O) groups excluding carboxylic acids is 3. The van der Waals surface area contributed by atoms with Crippen molar-refractivity contribution < 1.29 is 14.4 Å². The zero-order chi connectivity index (χ0) is 28.5. The van der Waals surface area contributed by atoms with Crippen LogP contribution in [0.4, 0.5) is 11.4 Å². The van der Waals surface area contributed by atoms with Gasteiger partial charge in [-0.3, -0.25) is 14.4 Å². The van der Waals surface area contributed by atoms with Gasteiger partial charge < -0.3 is 16.0 Å². The molecule has 0 radical (unpaired) electrons. The van der Waals surface area contributed by atoms with Crippen LogP contribution < -0.4 is 16.0 Å². The number of amides is 3. The summed E-state index contributed by atoms with van der Waals surface area (Å²) < 4.78 is 0. The second-order valence-electron chi connectivity index (χ2n) is 8.34. The molecule has 3 N–H and O–H groups in total.